The Morgan fingerprint density at radius 2 is 2.36 bits per heavy atom. The molecule has 0 aromatic heterocycles. The van der Waals surface area contributed by atoms with Gasteiger partial charge < -0.3 is 5.41 Å². The average molecular weight is 152 g/mol. The molecule has 11 heavy (non-hydrogen) atoms. The van der Waals surface area contributed by atoms with Gasteiger partial charge in [0.2, 0.25) is 0 Å². The first kappa shape index (κ1) is 7.29. The highest BCUT2D eigenvalue weighted by molar-refractivity contribution is 5.85. The maximum Gasteiger partial charge on any atom is 0.0368 e. The van der Waals surface area contributed by atoms with E-state index >= 15 is 0 Å². The van der Waals surface area contributed by atoms with Crippen molar-refractivity contribution in [2.45, 2.75) is 38.8 Å². The van der Waals surface area contributed by atoms with Crippen LogP contribution < -0.4 is 0 Å². The van der Waals surface area contributed by atoms with Gasteiger partial charge in [0.05, 0.1) is 0 Å². The van der Waals surface area contributed by atoms with Crippen LogP contribution in [-0.4, -0.2) is 29.2 Å². The molecule has 62 valence electrons. The Balaban J connectivity index is 2.04. The molecule has 0 radical (unpaired) electrons. The van der Waals surface area contributed by atoms with E-state index in [0.29, 0.717) is 0 Å². The molecule has 0 aliphatic carbocycles. The van der Waals surface area contributed by atoms with E-state index in [1.54, 1.807) is 0 Å². The van der Waals surface area contributed by atoms with Gasteiger partial charge in [-0.1, -0.05) is 13.8 Å². The molecular formula is C9H16N2. The summed E-state index contributed by atoms with van der Waals surface area (Å²) in [5.41, 5.74) is 0.935. The van der Waals surface area contributed by atoms with Gasteiger partial charge in [-0.05, 0) is 18.8 Å². The molecule has 0 aromatic carbocycles. The van der Waals surface area contributed by atoms with Gasteiger partial charge in [0, 0.05) is 24.3 Å². The molecule has 2 unspecified atom stereocenters. The van der Waals surface area contributed by atoms with Crippen LogP contribution in [0, 0.1) is 11.3 Å². The lowest BCUT2D eigenvalue weighted by Crippen LogP contribution is -2.26. The quantitative estimate of drug-likeness (QED) is 0.566. The van der Waals surface area contributed by atoms with Crippen LogP contribution in [0.4, 0.5) is 0 Å². The van der Waals surface area contributed by atoms with Crippen molar-refractivity contribution in [2.75, 3.05) is 6.54 Å². The third-order valence-electron chi connectivity index (χ3n) is 3.06. The molecule has 1 N–H and O–H groups in total. The molecule has 2 saturated heterocycles. The number of hydrogen-bond donors (Lipinski definition) is 1. The second-order valence-electron chi connectivity index (χ2n) is 3.92. The number of nitrogens with one attached hydrogen (secondary N) is 1. The van der Waals surface area contributed by atoms with Crippen LogP contribution in [-0.2, 0) is 0 Å². The van der Waals surface area contributed by atoms with Gasteiger partial charge in [-0.15, -0.1) is 0 Å². The third kappa shape index (κ3) is 1.00. The van der Waals surface area contributed by atoms with E-state index in [-0.39, 0.29) is 0 Å². The van der Waals surface area contributed by atoms with Gasteiger partial charge in [0.25, 0.3) is 0 Å². The minimum atomic E-state index is 0.737. The fourth-order valence-electron chi connectivity index (χ4n) is 2.55. The Bertz CT molecular complexity index is 188. The minimum Gasteiger partial charge on any atom is -0.308 e. The van der Waals surface area contributed by atoms with E-state index in [1.165, 1.54) is 6.42 Å². The first-order chi connectivity index (χ1) is 5.24. The summed E-state index contributed by atoms with van der Waals surface area (Å²) >= 11 is 0. The monoisotopic (exact) mass is 152 g/mol. The van der Waals surface area contributed by atoms with Crippen LogP contribution in [0.25, 0.3) is 0 Å². The zero-order valence-electron chi connectivity index (χ0n) is 7.30. The summed E-state index contributed by atoms with van der Waals surface area (Å²) in [6, 6.07) is 1.64. The molecule has 4 atom stereocenters. The van der Waals surface area contributed by atoms with Crippen molar-refractivity contribution in [2.24, 2.45) is 5.92 Å². The number of fused-ring (bicyclic) bond motifs is 1. The van der Waals surface area contributed by atoms with E-state index in [9.17, 15) is 0 Å². The summed E-state index contributed by atoms with van der Waals surface area (Å²) in [7, 11) is 0. The van der Waals surface area contributed by atoms with E-state index in [4.69, 9.17) is 5.41 Å². The van der Waals surface area contributed by atoms with Crippen LogP contribution in [0.5, 0.6) is 0 Å². The first-order valence-electron chi connectivity index (χ1n) is 4.56. The van der Waals surface area contributed by atoms with Crippen molar-refractivity contribution in [3.63, 3.8) is 0 Å². The Morgan fingerprint density at radius 3 is 3.00 bits per heavy atom. The topological polar surface area (TPSA) is 26.9 Å². The summed E-state index contributed by atoms with van der Waals surface area (Å²) < 4.78 is 0. The van der Waals surface area contributed by atoms with Crippen molar-refractivity contribution in [3.05, 3.63) is 0 Å². The number of nitrogens with zero attached hydrogens (tertiary/aromatic N) is 1. The third-order valence-corrected chi connectivity index (χ3v) is 3.06. The zero-order chi connectivity index (χ0) is 8.01. The van der Waals surface area contributed by atoms with Gasteiger partial charge in [0.15, 0.2) is 0 Å². The summed E-state index contributed by atoms with van der Waals surface area (Å²) in [6.45, 7) is 5.48. The minimum absolute atomic E-state index is 0.737. The SMILES string of the molecule is CC[C@@H]1[C@@H]2C(C)CC(=N)CN12. The zero-order valence-corrected chi connectivity index (χ0v) is 7.30. The van der Waals surface area contributed by atoms with Crippen molar-refractivity contribution in [3.8, 4) is 0 Å². The van der Waals surface area contributed by atoms with Crippen LogP contribution in [0.1, 0.15) is 26.7 Å². The van der Waals surface area contributed by atoms with E-state index in [0.717, 1.165) is 36.7 Å². The van der Waals surface area contributed by atoms with Gasteiger partial charge in [-0.2, -0.15) is 0 Å². The summed E-state index contributed by atoms with van der Waals surface area (Å²) in [6.07, 6.45) is 2.31. The highest BCUT2D eigenvalue weighted by atomic mass is 15.4. The van der Waals surface area contributed by atoms with Crippen molar-refractivity contribution in [1.29, 1.82) is 5.41 Å². The fourth-order valence-corrected chi connectivity index (χ4v) is 2.55. The standard InChI is InChI=1S/C9H16N2/c1-3-8-9-6(2)4-7(10)5-11(8)9/h6,8-10H,3-5H2,1-2H3/t6?,8-,9+,11?/m1/s1. The van der Waals surface area contributed by atoms with Crippen LogP contribution >= 0.6 is 0 Å². The maximum atomic E-state index is 7.60. The van der Waals surface area contributed by atoms with Gasteiger partial charge >= 0.3 is 0 Å². The Hall–Kier alpha value is -0.370. The lowest BCUT2D eigenvalue weighted by atomic mass is 9.96. The Kier molecular flexibility index (Phi) is 1.53. The largest absolute Gasteiger partial charge is 0.308 e. The molecule has 0 saturated carbocycles. The number of piperidine rings is 1. The summed E-state index contributed by atoms with van der Waals surface area (Å²) in [5.74, 6) is 0.737. The van der Waals surface area contributed by atoms with Crippen molar-refractivity contribution < 1.29 is 0 Å². The van der Waals surface area contributed by atoms with Crippen LogP contribution in [0.3, 0.4) is 0 Å². The highest BCUT2D eigenvalue weighted by Gasteiger charge is 2.51. The molecule has 2 rings (SSSR count). The van der Waals surface area contributed by atoms with Gasteiger partial charge in [-0.3, -0.25) is 4.90 Å². The predicted molar refractivity (Wildman–Crippen MR) is 46.1 cm³/mol. The summed E-state index contributed by atoms with van der Waals surface area (Å²) in [4.78, 5) is 2.47. The molecule has 2 fully saturated rings. The second kappa shape index (κ2) is 2.31. The smallest absolute Gasteiger partial charge is 0.0368 e. The van der Waals surface area contributed by atoms with Crippen LogP contribution in [0.2, 0.25) is 0 Å². The van der Waals surface area contributed by atoms with Crippen molar-refractivity contribution in [1.82, 2.24) is 4.90 Å². The molecule has 2 aliphatic heterocycles. The molecule has 0 bridgehead atoms. The Labute approximate surface area is 68.1 Å². The molecule has 2 nitrogen and oxygen atoms in total. The Morgan fingerprint density at radius 1 is 1.64 bits per heavy atom. The number of hydrogen-bond acceptors (Lipinski definition) is 2. The predicted octanol–water partition coefficient (Wildman–Crippen LogP) is 1.51. The molecule has 2 heteroatoms. The fraction of sp³-hybridized carbons (Fsp3) is 0.889. The van der Waals surface area contributed by atoms with Gasteiger partial charge in [-0.25, -0.2) is 0 Å². The average Bonchev–Trinajstić information content (AvgIpc) is 2.61. The molecular weight excluding hydrogens is 136 g/mol. The van der Waals surface area contributed by atoms with Crippen LogP contribution in [0.15, 0.2) is 0 Å². The van der Waals surface area contributed by atoms with Gasteiger partial charge in [0.1, 0.15) is 0 Å². The normalized spacial score (nSPS) is 48.7. The molecule has 2 aliphatic rings. The number of rotatable bonds is 1. The summed E-state index contributed by atoms with van der Waals surface area (Å²) in [5, 5.41) is 7.60. The molecule has 0 spiro atoms. The lowest BCUT2D eigenvalue weighted by Gasteiger charge is -2.17. The maximum absolute atomic E-state index is 7.60. The van der Waals surface area contributed by atoms with E-state index in [1.807, 2.05) is 0 Å². The van der Waals surface area contributed by atoms with E-state index in [2.05, 4.69) is 18.7 Å². The van der Waals surface area contributed by atoms with E-state index < -0.39 is 0 Å². The highest BCUT2D eigenvalue weighted by Crippen LogP contribution is 2.40. The molecule has 0 amide bonds. The molecule has 2 heterocycles. The first-order valence-corrected chi connectivity index (χ1v) is 4.56. The lowest BCUT2D eigenvalue weighted by molar-refractivity contribution is 0.429. The second-order valence-corrected chi connectivity index (χ2v) is 3.92. The molecule has 0 aromatic rings. The van der Waals surface area contributed by atoms with Crippen molar-refractivity contribution >= 4 is 5.71 Å².